The zero-order chi connectivity index (χ0) is 14.8. The lowest BCUT2D eigenvalue weighted by Crippen LogP contribution is -2.33. The third kappa shape index (κ3) is 2.87. The maximum atomic E-state index is 13.4. The first-order valence-corrected chi connectivity index (χ1v) is 6.67. The van der Waals surface area contributed by atoms with Gasteiger partial charge in [0.1, 0.15) is 5.82 Å². The van der Waals surface area contributed by atoms with E-state index in [4.69, 9.17) is 0 Å². The second-order valence-corrected chi connectivity index (χ2v) is 4.93. The van der Waals surface area contributed by atoms with Crippen LogP contribution >= 0.6 is 0 Å². The molecule has 7 heteroatoms. The quantitative estimate of drug-likeness (QED) is 0.882. The van der Waals surface area contributed by atoms with Gasteiger partial charge in [-0.15, -0.1) is 0 Å². The monoisotopic (exact) mass is 290 g/mol. The molecule has 1 aromatic heterocycles. The van der Waals surface area contributed by atoms with E-state index in [1.165, 1.54) is 17.0 Å². The van der Waals surface area contributed by atoms with Gasteiger partial charge in [0.05, 0.1) is 17.5 Å². The minimum Gasteiger partial charge on any atom is -0.391 e. The van der Waals surface area contributed by atoms with E-state index in [-0.39, 0.29) is 12.6 Å². The molecular weight excluding hydrogens is 275 g/mol. The van der Waals surface area contributed by atoms with Crippen LogP contribution in [0.25, 0.3) is 5.69 Å². The molecule has 1 aliphatic heterocycles. The molecule has 110 valence electrons. The third-order valence-corrected chi connectivity index (χ3v) is 3.40. The number of anilines is 1. The lowest BCUT2D eigenvalue weighted by atomic mass is 10.2. The average molecular weight is 290 g/mol. The Hall–Kier alpha value is -2.41. The molecule has 2 heterocycles. The number of hydrogen-bond donors (Lipinski definition) is 2. The maximum Gasteiger partial charge on any atom is 0.321 e. The highest BCUT2D eigenvalue weighted by molar-refractivity contribution is 5.91. The first-order valence-electron chi connectivity index (χ1n) is 6.67. The van der Waals surface area contributed by atoms with E-state index in [1.807, 2.05) is 0 Å². The number of urea groups is 1. The SMILES string of the molecule is O=C(Nc1cc(F)ccc1-n1cccn1)N1CC[C@H](O)C1. The second-order valence-electron chi connectivity index (χ2n) is 4.93. The fraction of sp³-hybridized carbons (Fsp3) is 0.286. The first kappa shape index (κ1) is 13.6. The van der Waals surface area contributed by atoms with Gasteiger partial charge in [0.25, 0.3) is 0 Å². The van der Waals surface area contributed by atoms with E-state index in [0.717, 1.165) is 0 Å². The van der Waals surface area contributed by atoms with Crippen LogP contribution in [-0.4, -0.2) is 45.0 Å². The topological polar surface area (TPSA) is 70.4 Å². The zero-order valence-corrected chi connectivity index (χ0v) is 11.2. The van der Waals surface area contributed by atoms with Gasteiger partial charge in [0, 0.05) is 25.5 Å². The summed E-state index contributed by atoms with van der Waals surface area (Å²) in [5, 5.41) is 16.2. The number of carbonyl (C=O) groups excluding carboxylic acids is 1. The molecule has 2 aromatic rings. The first-order chi connectivity index (χ1) is 10.1. The van der Waals surface area contributed by atoms with Crippen molar-refractivity contribution in [2.45, 2.75) is 12.5 Å². The van der Waals surface area contributed by atoms with Crippen LogP contribution in [-0.2, 0) is 0 Å². The normalized spacial score (nSPS) is 18.0. The number of nitrogens with one attached hydrogen (secondary N) is 1. The summed E-state index contributed by atoms with van der Waals surface area (Å²) in [5.74, 6) is -0.442. The highest BCUT2D eigenvalue weighted by Crippen LogP contribution is 2.22. The molecule has 1 fully saturated rings. The van der Waals surface area contributed by atoms with E-state index < -0.39 is 11.9 Å². The van der Waals surface area contributed by atoms with Gasteiger partial charge in [-0.1, -0.05) is 0 Å². The number of aromatic nitrogens is 2. The van der Waals surface area contributed by atoms with Crippen LogP contribution in [0.4, 0.5) is 14.9 Å². The van der Waals surface area contributed by atoms with Gasteiger partial charge in [0.15, 0.2) is 0 Å². The number of amides is 2. The number of aliphatic hydroxyl groups is 1. The summed E-state index contributed by atoms with van der Waals surface area (Å²) >= 11 is 0. The Balaban J connectivity index is 1.84. The predicted octanol–water partition coefficient (Wildman–Crippen LogP) is 1.61. The highest BCUT2D eigenvalue weighted by Gasteiger charge is 2.25. The molecule has 3 rings (SSSR count). The number of carbonyl (C=O) groups is 1. The average Bonchev–Trinajstić information content (AvgIpc) is 3.10. The van der Waals surface area contributed by atoms with Gasteiger partial charge < -0.3 is 15.3 Å². The summed E-state index contributed by atoms with van der Waals surface area (Å²) in [5.41, 5.74) is 0.916. The minimum atomic E-state index is -0.492. The molecule has 0 spiro atoms. The van der Waals surface area contributed by atoms with Crippen molar-refractivity contribution in [1.82, 2.24) is 14.7 Å². The van der Waals surface area contributed by atoms with Crippen molar-refractivity contribution in [2.75, 3.05) is 18.4 Å². The Morgan fingerprint density at radius 2 is 2.33 bits per heavy atom. The molecular formula is C14H15FN4O2. The molecule has 1 aromatic carbocycles. The summed E-state index contributed by atoms with van der Waals surface area (Å²) in [6.45, 7) is 0.775. The van der Waals surface area contributed by atoms with Gasteiger partial charge in [-0.2, -0.15) is 5.10 Å². The number of β-amino-alcohol motifs (C(OH)–C–C–N with tert-alkyl or cyclic N) is 1. The van der Waals surface area contributed by atoms with Crippen LogP contribution in [0.15, 0.2) is 36.7 Å². The summed E-state index contributed by atoms with van der Waals surface area (Å²) in [4.78, 5) is 13.6. The summed E-state index contributed by atoms with van der Waals surface area (Å²) < 4.78 is 15.0. The Bertz CT molecular complexity index is 644. The number of likely N-dealkylation sites (tertiary alicyclic amines) is 1. The smallest absolute Gasteiger partial charge is 0.321 e. The van der Waals surface area contributed by atoms with Crippen LogP contribution in [0, 0.1) is 5.82 Å². The van der Waals surface area contributed by atoms with Gasteiger partial charge >= 0.3 is 6.03 Å². The molecule has 1 aliphatic rings. The van der Waals surface area contributed by atoms with Gasteiger partial charge in [-0.25, -0.2) is 13.9 Å². The summed E-state index contributed by atoms with van der Waals surface area (Å²) in [6.07, 6.45) is 3.38. The molecule has 1 saturated heterocycles. The van der Waals surface area contributed by atoms with E-state index in [1.54, 1.807) is 29.2 Å². The van der Waals surface area contributed by atoms with Crippen molar-refractivity contribution in [3.05, 3.63) is 42.5 Å². The number of hydrogen-bond acceptors (Lipinski definition) is 3. The van der Waals surface area contributed by atoms with E-state index in [2.05, 4.69) is 10.4 Å². The van der Waals surface area contributed by atoms with Crippen LogP contribution < -0.4 is 5.32 Å². The van der Waals surface area contributed by atoms with Gasteiger partial charge in [-0.05, 0) is 30.7 Å². The van der Waals surface area contributed by atoms with Crippen molar-refractivity contribution in [2.24, 2.45) is 0 Å². The lowest BCUT2D eigenvalue weighted by Gasteiger charge is -2.18. The molecule has 0 unspecified atom stereocenters. The highest BCUT2D eigenvalue weighted by atomic mass is 19.1. The van der Waals surface area contributed by atoms with Crippen LogP contribution in [0.3, 0.4) is 0 Å². The zero-order valence-electron chi connectivity index (χ0n) is 11.2. The van der Waals surface area contributed by atoms with E-state index in [0.29, 0.717) is 24.3 Å². The molecule has 0 bridgehead atoms. The third-order valence-electron chi connectivity index (χ3n) is 3.40. The van der Waals surface area contributed by atoms with E-state index >= 15 is 0 Å². The van der Waals surface area contributed by atoms with Crippen molar-refractivity contribution in [3.63, 3.8) is 0 Å². The summed E-state index contributed by atoms with van der Waals surface area (Å²) in [7, 11) is 0. The standard InChI is InChI=1S/C14H15FN4O2/c15-10-2-3-13(19-6-1-5-16-19)12(8-10)17-14(21)18-7-4-11(20)9-18/h1-3,5-6,8,11,20H,4,7,9H2,(H,17,21)/t11-/m0/s1. The lowest BCUT2D eigenvalue weighted by molar-refractivity contribution is 0.176. The molecule has 6 nitrogen and oxygen atoms in total. The fourth-order valence-corrected chi connectivity index (χ4v) is 2.34. The Morgan fingerprint density at radius 3 is 3.00 bits per heavy atom. The molecule has 0 saturated carbocycles. The Morgan fingerprint density at radius 1 is 1.48 bits per heavy atom. The summed E-state index contributed by atoms with van der Waals surface area (Å²) in [6, 6.07) is 5.50. The van der Waals surface area contributed by atoms with Crippen LogP contribution in [0.1, 0.15) is 6.42 Å². The predicted molar refractivity (Wildman–Crippen MR) is 74.7 cm³/mol. The number of aliphatic hydroxyl groups excluding tert-OH is 1. The number of nitrogens with zero attached hydrogens (tertiary/aromatic N) is 3. The van der Waals surface area contributed by atoms with Crippen LogP contribution in [0.5, 0.6) is 0 Å². The molecule has 2 N–H and O–H groups in total. The molecule has 0 aliphatic carbocycles. The molecule has 0 radical (unpaired) electrons. The van der Waals surface area contributed by atoms with Crippen molar-refractivity contribution >= 4 is 11.7 Å². The maximum absolute atomic E-state index is 13.4. The van der Waals surface area contributed by atoms with Crippen LogP contribution in [0.2, 0.25) is 0 Å². The van der Waals surface area contributed by atoms with Gasteiger partial charge in [-0.3, -0.25) is 0 Å². The van der Waals surface area contributed by atoms with Gasteiger partial charge in [0.2, 0.25) is 0 Å². The fourth-order valence-electron chi connectivity index (χ4n) is 2.34. The number of rotatable bonds is 2. The van der Waals surface area contributed by atoms with Crippen molar-refractivity contribution in [1.29, 1.82) is 0 Å². The second kappa shape index (κ2) is 5.53. The number of benzene rings is 1. The largest absolute Gasteiger partial charge is 0.391 e. The van der Waals surface area contributed by atoms with E-state index in [9.17, 15) is 14.3 Å². The van der Waals surface area contributed by atoms with Crippen molar-refractivity contribution in [3.8, 4) is 5.69 Å². The molecule has 2 amide bonds. The molecule has 21 heavy (non-hydrogen) atoms. The number of halogens is 1. The molecule has 1 atom stereocenters. The Kier molecular flexibility index (Phi) is 3.57. The Labute approximate surface area is 120 Å². The minimum absolute atomic E-state index is 0.290. The van der Waals surface area contributed by atoms with Crippen molar-refractivity contribution < 1.29 is 14.3 Å².